The summed E-state index contributed by atoms with van der Waals surface area (Å²) in [6.45, 7) is 11.9. The average Bonchev–Trinajstić information content (AvgIpc) is 2.75. The highest BCUT2D eigenvalue weighted by molar-refractivity contribution is 5.93. The largest absolute Gasteiger partial charge is 0.354 e. The van der Waals surface area contributed by atoms with Crippen LogP contribution >= 0.6 is 0 Å². The second kappa shape index (κ2) is 10.2. The van der Waals surface area contributed by atoms with Crippen molar-refractivity contribution in [3.8, 4) is 0 Å². The Morgan fingerprint density at radius 3 is 2.41 bits per heavy atom. The van der Waals surface area contributed by atoms with Gasteiger partial charge in [0, 0.05) is 51.9 Å². The second-order valence-corrected chi connectivity index (χ2v) is 7.24. The minimum atomic E-state index is -0.0218. The summed E-state index contributed by atoms with van der Waals surface area (Å²) in [5, 5.41) is 0. The van der Waals surface area contributed by atoms with Gasteiger partial charge in [-0.25, -0.2) is 9.97 Å². The first-order valence-corrected chi connectivity index (χ1v) is 10.4. The van der Waals surface area contributed by atoms with Crippen molar-refractivity contribution in [3.05, 3.63) is 59.6 Å². The number of carbonyl (C=O) groups is 1. The lowest BCUT2D eigenvalue weighted by molar-refractivity contribution is 0.0766. The molecule has 1 aromatic carbocycles. The number of hydrogen-bond donors (Lipinski definition) is 0. The van der Waals surface area contributed by atoms with E-state index in [1.54, 1.807) is 4.90 Å². The molecule has 1 aromatic heterocycles. The van der Waals surface area contributed by atoms with Crippen LogP contribution in [-0.4, -0.2) is 71.5 Å². The van der Waals surface area contributed by atoms with Gasteiger partial charge in [-0.05, 0) is 26.3 Å². The fourth-order valence-corrected chi connectivity index (χ4v) is 3.56. The van der Waals surface area contributed by atoms with Crippen LogP contribution in [0.5, 0.6) is 0 Å². The number of nitrogens with zero attached hydrogens (tertiary/aromatic N) is 5. The van der Waals surface area contributed by atoms with Gasteiger partial charge in [-0.2, -0.15) is 0 Å². The number of benzene rings is 1. The van der Waals surface area contributed by atoms with Crippen molar-refractivity contribution in [2.24, 2.45) is 0 Å². The number of piperazine rings is 1. The summed E-state index contributed by atoms with van der Waals surface area (Å²) < 4.78 is 0. The lowest BCUT2D eigenvalue weighted by atomic mass is 10.2. The average molecular weight is 394 g/mol. The van der Waals surface area contributed by atoms with Crippen molar-refractivity contribution in [2.75, 3.05) is 50.7 Å². The molecule has 154 valence electrons. The van der Waals surface area contributed by atoms with Gasteiger partial charge < -0.3 is 9.80 Å². The maximum Gasteiger partial charge on any atom is 0.272 e. The van der Waals surface area contributed by atoms with Crippen LogP contribution < -0.4 is 4.90 Å². The van der Waals surface area contributed by atoms with E-state index in [4.69, 9.17) is 0 Å². The van der Waals surface area contributed by atoms with Gasteiger partial charge >= 0.3 is 0 Å². The molecule has 6 nitrogen and oxygen atoms in total. The zero-order valence-electron chi connectivity index (χ0n) is 17.7. The van der Waals surface area contributed by atoms with Crippen molar-refractivity contribution in [1.29, 1.82) is 0 Å². The molecule has 0 bridgehead atoms. The van der Waals surface area contributed by atoms with E-state index in [-0.39, 0.29) is 5.91 Å². The van der Waals surface area contributed by atoms with E-state index in [1.807, 2.05) is 32.9 Å². The summed E-state index contributed by atoms with van der Waals surface area (Å²) in [4.78, 5) is 28.1. The Morgan fingerprint density at radius 1 is 1.07 bits per heavy atom. The Morgan fingerprint density at radius 2 is 1.76 bits per heavy atom. The molecule has 0 N–H and O–H groups in total. The van der Waals surface area contributed by atoms with Crippen LogP contribution in [0.1, 0.15) is 35.7 Å². The molecule has 0 spiro atoms. The van der Waals surface area contributed by atoms with E-state index >= 15 is 0 Å². The van der Waals surface area contributed by atoms with Crippen LogP contribution in [0.4, 0.5) is 5.82 Å². The molecular weight excluding hydrogens is 362 g/mol. The number of anilines is 1. The monoisotopic (exact) mass is 393 g/mol. The Bertz CT molecular complexity index is 824. The predicted molar refractivity (Wildman–Crippen MR) is 118 cm³/mol. The first kappa shape index (κ1) is 21.0. The summed E-state index contributed by atoms with van der Waals surface area (Å²) in [6, 6.07) is 12.2. The van der Waals surface area contributed by atoms with Crippen molar-refractivity contribution in [2.45, 2.75) is 20.8 Å². The number of hydrogen-bond acceptors (Lipinski definition) is 5. The van der Waals surface area contributed by atoms with Crippen molar-refractivity contribution in [1.82, 2.24) is 19.8 Å². The molecule has 0 aliphatic carbocycles. The van der Waals surface area contributed by atoms with Crippen molar-refractivity contribution in [3.63, 3.8) is 0 Å². The zero-order valence-corrected chi connectivity index (χ0v) is 17.7. The molecule has 6 heteroatoms. The molecule has 1 aliphatic heterocycles. The SMILES string of the molecule is CCN(CC)C(=O)c1cc(N2CCN(C/C=C/c3ccccc3)CC2)nc(C)n1. The third-order valence-corrected chi connectivity index (χ3v) is 5.26. The molecule has 1 saturated heterocycles. The number of aryl methyl sites for hydroxylation is 1. The normalized spacial score (nSPS) is 15.1. The van der Waals surface area contributed by atoms with Gasteiger partial charge in [-0.15, -0.1) is 0 Å². The number of amides is 1. The maximum atomic E-state index is 12.7. The molecule has 2 heterocycles. The van der Waals surface area contributed by atoms with E-state index in [2.05, 4.69) is 56.2 Å². The molecule has 1 amide bonds. The number of rotatable bonds is 7. The molecular formula is C23H31N5O. The van der Waals surface area contributed by atoms with Gasteiger partial charge in [0.1, 0.15) is 17.3 Å². The maximum absolute atomic E-state index is 12.7. The second-order valence-electron chi connectivity index (χ2n) is 7.24. The highest BCUT2D eigenvalue weighted by atomic mass is 16.2. The Kier molecular flexibility index (Phi) is 7.36. The lowest BCUT2D eigenvalue weighted by Crippen LogP contribution is -2.46. The third kappa shape index (κ3) is 5.64. The van der Waals surface area contributed by atoms with Crippen LogP contribution in [0.25, 0.3) is 6.08 Å². The summed E-state index contributed by atoms with van der Waals surface area (Å²) in [5.41, 5.74) is 1.72. The Labute approximate surface area is 173 Å². The highest BCUT2D eigenvalue weighted by Crippen LogP contribution is 2.16. The minimum absolute atomic E-state index is 0.0218. The van der Waals surface area contributed by atoms with Crippen LogP contribution in [0.3, 0.4) is 0 Å². The van der Waals surface area contributed by atoms with Crippen LogP contribution in [-0.2, 0) is 0 Å². The van der Waals surface area contributed by atoms with E-state index in [1.165, 1.54) is 5.56 Å². The molecule has 2 aromatic rings. The standard InChI is InChI=1S/C23H31N5O/c1-4-27(5-2)23(29)21-18-22(25-19(3)24-21)28-16-14-26(15-17-28)13-9-12-20-10-7-6-8-11-20/h6-12,18H,4-5,13-17H2,1-3H3/b12-9+. The van der Waals surface area contributed by atoms with Crippen molar-refractivity contribution < 1.29 is 4.79 Å². The molecule has 1 fully saturated rings. The van der Waals surface area contributed by atoms with Crippen LogP contribution in [0, 0.1) is 6.92 Å². The van der Waals surface area contributed by atoms with Crippen LogP contribution in [0.15, 0.2) is 42.5 Å². The predicted octanol–water partition coefficient (Wildman–Crippen LogP) is 3.10. The Balaban J connectivity index is 1.59. The van der Waals surface area contributed by atoms with Gasteiger partial charge in [0.2, 0.25) is 0 Å². The molecule has 0 unspecified atom stereocenters. The van der Waals surface area contributed by atoms with Gasteiger partial charge in [-0.3, -0.25) is 9.69 Å². The van der Waals surface area contributed by atoms with E-state index in [0.717, 1.165) is 38.5 Å². The van der Waals surface area contributed by atoms with Crippen molar-refractivity contribution >= 4 is 17.8 Å². The van der Waals surface area contributed by atoms with E-state index in [9.17, 15) is 4.79 Å². The van der Waals surface area contributed by atoms with Gasteiger partial charge in [0.05, 0.1) is 0 Å². The summed E-state index contributed by atoms with van der Waals surface area (Å²) in [6.07, 6.45) is 4.39. The summed E-state index contributed by atoms with van der Waals surface area (Å²) in [7, 11) is 0. The molecule has 0 radical (unpaired) electrons. The highest BCUT2D eigenvalue weighted by Gasteiger charge is 2.21. The molecule has 3 rings (SSSR count). The van der Waals surface area contributed by atoms with Crippen LogP contribution in [0.2, 0.25) is 0 Å². The number of aromatic nitrogens is 2. The fraction of sp³-hybridized carbons (Fsp3) is 0.435. The molecule has 1 aliphatic rings. The topological polar surface area (TPSA) is 52.6 Å². The smallest absolute Gasteiger partial charge is 0.272 e. The molecule has 0 saturated carbocycles. The van der Waals surface area contributed by atoms with Gasteiger partial charge in [0.25, 0.3) is 5.91 Å². The van der Waals surface area contributed by atoms with E-state index in [0.29, 0.717) is 24.6 Å². The third-order valence-electron chi connectivity index (χ3n) is 5.26. The van der Waals surface area contributed by atoms with Gasteiger partial charge in [-0.1, -0.05) is 42.5 Å². The lowest BCUT2D eigenvalue weighted by Gasteiger charge is -2.35. The fourth-order valence-electron chi connectivity index (χ4n) is 3.56. The summed E-state index contributed by atoms with van der Waals surface area (Å²) in [5.74, 6) is 1.48. The first-order chi connectivity index (χ1) is 14.1. The minimum Gasteiger partial charge on any atom is -0.354 e. The summed E-state index contributed by atoms with van der Waals surface area (Å²) >= 11 is 0. The van der Waals surface area contributed by atoms with Gasteiger partial charge in [0.15, 0.2) is 0 Å². The quantitative estimate of drug-likeness (QED) is 0.724. The Hall–Kier alpha value is -2.73. The first-order valence-electron chi connectivity index (χ1n) is 10.4. The number of carbonyl (C=O) groups excluding carboxylic acids is 1. The van der Waals surface area contributed by atoms with E-state index < -0.39 is 0 Å². The molecule has 0 atom stereocenters. The zero-order chi connectivity index (χ0) is 20.6. The molecule has 29 heavy (non-hydrogen) atoms.